The summed E-state index contributed by atoms with van der Waals surface area (Å²) in [5, 5.41) is 5.27. The van der Waals surface area contributed by atoms with E-state index in [0.29, 0.717) is 49.5 Å². The Bertz CT molecular complexity index is 1350. The van der Waals surface area contributed by atoms with E-state index in [2.05, 4.69) is 15.9 Å². The molecule has 1 aliphatic heterocycles. The first-order valence-electron chi connectivity index (χ1n) is 9.91. The molecule has 0 fully saturated rings. The topological polar surface area (TPSA) is 97.1 Å². The maximum Gasteiger partial charge on any atom is 0.387 e. The quantitative estimate of drug-likeness (QED) is 0.440. The Labute approximate surface area is 203 Å². The van der Waals surface area contributed by atoms with Crippen LogP contribution in [0.1, 0.15) is 22.8 Å². The van der Waals surface area contributed by atoms with Gasteiger partial charge in [-0.1, -0.05) is 40.2 Å². The molecule has 0 saturated heterocycles. The number of nitrogens with two attached hydrogens (primary N) is 1. The van der Waals surface area contributed by atoms with Crippen molar-refractivity contribution < 1.29 is 36.1 Å². The van der Waals surface area contributed by atoms with Gasteiger partial charge < -0.3 is 18.9 Å². The highest BCUT2D eigenvalue weighted by Crippen LogP contribution is 2.52. The zero-order valence-electron chi connectivity index (χ0n) is 18.0. The summed E-state index contributed by atoms with van der Waals surface area (Å²) in [6, 6.07) is 13.1. The predicted octanol–water partition coefficient (Wildman–Crippen LogP) is 5.01. The van der Waals surface area contributed by atoms with Gasteiger partial charge in [-0.15, -0.1) is 0 Å². The molecule has 0 spiro atoms. The van der Waals surface area contributed by atoms with Gasteiger partial charge in [0.1, 0.15) is 11.5 Å². The summed E-state index contributed by atoms with van der Waals surface area (Å²) in [4.78, 5) is 0. The first-order chi connectivity index (χ1) is 16.1. The summed E-state index contributed by atoms with van der Waals surface area (Å²) in [6.07, 6.45) is -0.737. The minimum Gasteiger partial charge on any atom is -0.493 e. The van der Waals surface area contributed by atoms with Gasteiger partial charge in [0.25, 0.3) is 0 Å². The molecule has 180 valence electrons. The van der Waals surface area contributed by atoms with Crippen LogP contribution in [-0.2, 0) is 15.8 Å². The van der Waals surface area contributed by atoms with Gasteiger partial charge in [0, 0.05) is 15.6 Å². The molecule has 3 aromatic rings. The van der Waals surface area contributed by atoms with Gasteiger partial charge >= 0.3 is 6.61 Å². The van der Waals surface area contributed by atoms with Crippen molar-refractivity contribution in [1.82, 2.24) is 0 Å². The Morgan fingerprint density at radius 2 is 1.79 bits per heavy atom. The fourth-order valence-corrected chi connectivity index (χ4v) is 5.50. The number of halogens is 3. The van der Waals surface area contributed by atoms with Crippen LogP contribution in [0.2, 0.25) is 0 Å². The molecule has 1 unspecified atom stereocenters. The van der Waals surface area contributed by atoms with E-state index in [0.717, 1.165) is 0 Å². The number of alkyl halides is 2. The number of ether oxygens (including phenoxy) is 4. The third kappa shape index (κ3) is 4.68. The van der Waals surface area contributed by atoms with Crippen LogP contribution in [0, 0.1) is 0 Å². The zero-order chi connectivity index (χ0) is 24.6. The maximum absolute atomic E-state index is 13.1. The maximum atomic E-state index is 13.1. The van der Waals surface area contributed by atoms with E-state index in [1.165, 1.54) is 20.3 Å². The zero-order valence-corrected chi connectivity index (χ0v) is 20.5. The predicted molar refractivity (Wildman–Crippen MR) is 125 cm³/mol. The van der Waals surface area contributed by atoms with E-state index >= 15 is 0 Å². The summed E-state index contributed by atoms with van der Waals surface area (Å²) in [6.45, 7) is -3.04. The Kier molecular flexibility index (Phi) is 6.70. The van der Waals surface area contributed by atoms with E-state index in [1.54, 1.807) is 42.5 Å². The third-order valence-electron chi connectivity index (χ3n) is 5.31. The molecule has 7 nitrogen and oxygen atoms in total. The molecule has 0 radical (unpaired) electrons. The third-order valence-corrected chi connectivity index (χ3v) is 6.96. The monoisotopic (exact) mass is 555 g/mol. The lowest BCUT2D eigenvalue weighted by Crippen LogP contribution is -2.19. The number of methoxy groups -OCH3 is 2. The van der Waals surface area contributed by atoms with Gasteiger partial charge in [0.15, 0.2) is 17.6 Å². The van der Waals surface area contributed by atoms with Gasteiger partial charge in [-0.3, -0.25) is 0 Å². The van der Waals surface area contributed by atoms with Crippen molar-refractivity contribution in [1.29, 1.82) is 0 Å². The average molecular weight is 556 g/mol. The Balaban J connectivity index is 1.97. The minimum atomic E-state index is -3.84. The van der Waals surface area contributed by atoms with Gasteiger partial charge in [-0.2, -0.15) is 8.78 Å². The van der Waals surface area contributed by atoms with Crippen molar-refractivity contribution >= 4 is 26.0 Å². The fourth-order valence-electron chi connectivity index (χ4n) is 3.95. The molecule has 11 heteroatoms. The van der Waals surface area contributed by atoms with Crippen LogP contribution in [0.5, 0.6) is 23.0 Å². The number of sulfonamides is 1. The highest BCUT2D eigenvalue weighted by molar-refractivity contribution is 9.10. The summed E-state index contributed by atoms with van der Waals surface area (Å²) in [5.41, 5.74) is 2.47. The van der Waals surface area contributed by atoms with E-state index in [1.807, 2.05) is 0 Å². The molecule has 0 saturated carbocycles. The molecule has 2 N–H and O–H groups in total. The summed E-state index contributed by atoms with van der Waals surface area (Å²) >= 11 is 3.50. The van der Waals surface area contributed by atoms with Crippen LogP contribution in [0.25, 0.3) is 11.1 Å². The van der Waals surface area contributed by atoms with Gasteiger partial charge in [0.2, 0.25) is 10.0 Å². The first-order valence-corrected chi connectivity index (χ1v) is 12.4. The molecule has 3 aromatic carbocycles. The lowest BCUT2D eigenvalue weighted by atomic mass is 9.88. The van der Waals surface area contributed by atoms with Crippen LogP contribution in [0.3, 0.4) is 0 Å². The number of rotatable bonds is 7. The molecule has 1 atom stereocenters. The molecule has 34 heavy (non-hydrogen) atoms. The number of benzene rings is 3. The lowest BCUT2D eigenvalue weighted by Gasteiger charge is -2.32. The molecule has 0 amide bonds. The molecule has 1 aliphatic rings. The SMILES string of the molecule is COc1ccc(C2Oc3cccc(OC(F)F)c3-c3ccc(CS(N)(=O)=O)c(Br)c32)cc1OC. The second-order valence-corrected chi connectivity index (χ2v) is 9.83. The van der Waals surface area contributed by atoms with Crippen LogP contribution in [0.15, 0.2) is 53.0 Å². The van der Waals surface area contributed by atoms with Crippen molar-refractivity contribution in [2.45, 2.75) is 18.5 Å². The van der Waals surface area contributed by atoms with E-state index in [4.69, 9.17) is 24.1 Å². The smallest absolute Gasteiger partial charge is 0.387 e. The van der Waals surface area contributed by atoms with Crippen LogP contribution >= 0.6 is 15.9 Å². The van der Waals surface area contributed by atoms with Crippen molar-refractivity contribution in [3.8, 4) is 34.1 Å². The van der Waals surface area contributed by atoms with Crippen molar-refractivity contribution in [3.63, 3.8) is 0 Å². The minimum absolute atomic E-state index is 0.0643. The fraction of sp³-hybridized carbons (Fsp3) is 0.217. The Hall–Kier alpha value is -2.89. The second kappa shape index (κ2) is 9.40. The van der Waals surface area contributed by atoms with E-state index in [-0.39, 0.29) is 5.75 Å². The summed E-state index contributed by atoms with van der Waals surface area (Å²) in [5.74, 6) is 0.809. The first kappa shape index (κ1) is 24.2. The standard InChI is InChI=1S/C23H20BrF2NO6S/c1-30-15-9-7-12(10-18(15)31-2)22-20-14(8-6-13(21(20)24)11-34(27,28)29)19-16(32-22)4-3-5-17(19)33-23(25)26/h3-10,22-23H,11H2,1-2H3,(H2,27,28,29). The Morgan fingerprint density at radius 3 is 2.44 bits per heavy atom. The van der Waals surface area contributed by atoms with Crippen molar-refractivity contribution in [2.75, 3.05) is 14.2 Å². The van der Waals surface area contributed by atoms with Crippen molar-refractivity contribution in [2.24, 2.45) is 5.14 Å². The molecule has 0 aromatic heterocycles. The number of hydrogen-bond acceptors (Lipinski definition) is 6. The second-order valence-electron chi connectivity index (χ2n) is 7.43. The molecule has 0 aliphatic carbocycles. The number of fused-ring (bicyclic) bond motifs is 3. The molecular weight excluding hydrogens is 536 g/mol. The molecule has 0 bridgehead atoms. The number of hydrogen-bond donors (Lipinski definition) is 1. The van der Waals surface area contributed by atoms with Crippen LogP contribution < -0.4 is 24.1 Å². The van der Waals surface area contributed by atoms with Crippen molar-refractivity contribution in [3.05, 3.63) is 69.7 Å². The average Bonchev–Trinajstić information content (AvgIpc) is 2.78. The highest BCUT2D eigenvalue weighted by atomic mass is 79.9. The van der Waals surface area contributed by atoms with Crippen LogP contribution in [0.4, 0.5) is 8.78 Å². The molecule has 4 rings (SSSR count). The van der Waals surface area contributed by atoms with E-state index < -0.39 is 28.5 Å². The normalized spacial score (nSPS) is 14.7. The highest BCUT2D eigenvalue weighted by Gasteiger charge is 2.34. The largest absolute Gasteiger partial charge is 0.493 e. The van der Waals surface area contributed by atoms with Crippen LogP contribution in [-0.4, -0.2) is 29.2 Å². The Morgan fingerprint density at radius 1 is 1.06 bits per heavy atom. The lowest BCUT2D eigenvalue weighted by molar-refractivity contribution is -0.0496. The molecular formula is C23H20BrF2NO6S. The number of primary sulfonamides is 1. The molecule has 1 heterocycles. The van der Waals surface area contributed by atoms with Gasteiger partial charge in [-0.05, 0) is 35.4 Å². The van der Waals surface area contributed by atoms with Gasteiger partial charge in [0.05, 0.1) is 25.5 Å². The van der Waals surface area contributed by atoms with E-state index in [9.17, 15) is 17.2 Å². The summed E-state index contributed by atoms with van der Waals surface area (Å²) < 4.78 is 72.0. The van der Waals surface area contributed by atoms with Gasteiger partial charge in [-0.25, -0.2) is 13.6 Å². The summed E-state index contributed by atoms with van der Waals surface area (Å²) in [7, 11) is -0.828.